The number of hydrogen-bond acceptors (Lipinski definition) is 0. The van der Waals surface area contributed by atoms with Crippen LogP contribution >= 0.6 is 0 Å². The van der Waals surface area contributed by atoms with Crippen LogP contribution in [0.5, 0.6) is 0 Å². The third-order valence-corrected chi connectivity index (χ3v) is 14.3. The van der Waals surface area contributed by atoms with E-state index >= 15 is 0 Å². The van der Waals surface area contributed by atoms with Gasteiger partial charge in [0.15, 0.2) is 0 Å². The van der Waals surface area contributed by atoms with Gasteiger partial charge < -0.3 is 0 Å². The standard InChI is InChI=1S/C30H44/c1-2-4-6-8-10-12-16-15(11-9-7-5-3-1)19-20(16)24-23(19)27-28(24)30-26-22-18-14-13-17(18)21(22)25(26)29(27)30/h15-30H,1-14H2. The Morgan fingerprint density at radius 2 is 0.433 bits per heavy atom. The minimum absolute atomic E-state index is 1.20. The van der Waals surface area contributed by atoms with Crippen molar-refractivity contribution in [1.82, 2.24) is 0 Å². The molecule has 9 fully saturated rings. The zero-order valence-electron chi connectivity index (χ0n) is 19.1. The summed E-state index contributed by atoms with van der Waals surface area (Å²) in [5.41, 5.74) is 0. The van der Waals surface area contributed by atoms with Gasteiger partial charge in [-0.1, -0.05) is 64.2 Å². The molecule has 30 heavy (non-hydrogen) atoms. The van der Waals surface area contributed by atoms with E-state index in [-0.39, 0.29) is 0 Å². The highest BCUT2D eigenvalue weighted by Crippen LogP contribution is 2.93. The van der Waals surface area contributed by atoms with Crippen LogP contribution in [0, 0.1) is 94.7 Å². The smallest absolute Gasteiger partial charge is 0.0312 e. The fourth-order valence-electron chi connectivity index (χ4n) is 13.5. The van der Waals surface area contributed by atoms with Gasteiger partial charge >= 0.3 is 0 Å². The molecule has 0 bridgehead atoms. The van der Waals surface area contributed by atoms with Gasteiger partial charge in [0.05, 0.1) is 0 Å². The lowest BCUT2D eigenvalue weighted by Crippen LogP contribution is -2.91. The van der Waals surface area contributed by atoms with Gasteiger partial charge in [-0.3, -0.25) is 0 Å². The summed E-state index contributed by atoms with van der Waals surface area (Å²) in [6.45, 7) is 0. The highest BCUT2D eigenvalue weighted by Gasteiger charge is 2.90. The highest BCUT2D eigenvalue weighted by molar-refractivity contribution is 5.36. The van der Waals surface area contributed by atoms with E-state index in [1.54, 1.807) is 64.2 Å². The molecule has 0 aromatic heterocycles. The SMILES string of the molecule is C1CCCCCCC2C(CCCCC1)C1C2C2C1C1C2C2C3C4C5CCC5C4C3C12. The van der Waals surface area contributed by atoms with E-state index in [1.165, 1.54) is 120 Å². The average Bonchev–Trinajstić information content (AvgIpc) is 2.70. The minimum atomic E-state index is 1.20. The summed E-state index contributed by atoms with van der Waals surface area (Å²) in [6.07, 6.45) is 22.0. The molecule has 0 spiro atoms. The summed E-state index contributed by atoms with van der Waals surface area (Å²) in [4.78, 5) is 0. The van der Waals surface area contributed by atoms with E-state index in [0.29, 0.717) is 0 Å². The number of rotatable bonds is 0. The summed E-state index contributed by atoms with van der Waals surface area (Å²) in [5.74, 6) is 20.3. The van der Waals surface area contributed by atoms with Crippen LogP contribution in [0.25, 0.3) is 0 Å². The molecule has 0 N–H and O–H groups in total. The van der Waals surface area contributed by atoms with Crippen molar-refractivity contribution < 1.29 is 0 Å². The van der Waals surface area contributed by atoms with Crippen LogP contribution in [0.2, 0.25) is 0 Å². The predicted octanol–water partition coefficient (Wildman–Crippen LogP) is 7.43. The summed E-state index contributed by atoms with van der Waals surface area (Å²) < 4.78 is 0. The molecule has 9 rings (SSSR count). The summed E-state index contributed by atoms with van der Waals surface area (Å²) in [7, 11) is 0. The van der Waals surface area contributed by atoms with Crippen LogP contribution in [0.1, 0.15) is 89.9 Å². The van der Waals surface area contributed by atoms with Crippen LogP contribution in [-0.4, -0.2) is 0 Å². The molecule has 0 radical (unpaired) electrons. The lowest BCUT2D eigenvalue weighted by Gasteiger charge is -2.94. The topological polar surface area (TPSA) is 0 Å². The molecule has 0 amide bonds. The first-order valence-corrected chi connectivity index (χ1v) is 15.0. The van der Waals surface area contributed by atoms with E-state index < -0.39 is 0 Å². The van der Waals surface area contributed by atoms with Crippen molar-refractivity contribution >= 4 is 0 Å². The zero-order valence-corrected chi connectivity index (χ0v) is 19.1. The van der Waals surface area contributed by atoms with Gasteiger partial charge in [-0.25, -0.2) is 0 Å². The second kappa shape index (κ2) is 5.91. The Morgan fingerprint density at radius 1 is 0.200 bits per heavy atom. The summed E-state index contributed by atoms with van der Waals surface area (Å²) in [5, 5.41) is 0. The Balaban J connectivity index is 0.908. The molecule has 0 heteroatoms. The number of hydrogen-bond donors (Lipinski definition) is 0. The first-order chi connectivity index (χ1) is 15.0. The summed E-state index contributed by atoms with van der Waals surface area (Å²) >= 11 is 0. The molecule has 0 aromatic rings. The molecule has 0 saturated heterocycles. The molecule has 0 aliphatic heterocycles. The Bertz CT molecular complexity index is 668. The van der Waals surface area contributed by atoms with Gasteiger partial charge in [0, 0.05) is 0 Å². The van der Waals surface area contributed by atoms with Crippen molar-refractivity contribution in [2.45, 2.75) is 89.9 Å². The third-order valence-electron chi connectivity index (χ3n) is 14.3. The van der Waals surface area contributed by atoms with Crippen molar-refractivity contribution in [2.24, 2.45) is 94.7 Å². The second-order valence-corrected chi connectivity index (χ2v) is 14.3. The van der Waals surface area contributed by atoms with Crippen LogP contribution in [0.3, 0.4) is 0 Å². The average molecular weight is 405 g/mol. The Kier molecular flexibility index (Phi) is 3.44. The normalized spacial score (nSPS) is 68.8. The maximum Gasteiger partial charge on any atom is -0.0312 e. The fourth-order valence-corrected chi connectivity index (χ4v) is 13.5. The monoisotopic (exact) mass is 404 g/mol. The largest absolute Gasteiger partial charge is 0.0533 e. The van der Waals surface area contributed by atoms with Crippen LogP contribution < -0.4 is 0 Å². The van der Waals surface area contributed by atoms with Gasteiger partial charge in [0.1, 0.15) is 0 Å². The molecular formula is C30H44. The van der Waals surface area contributed by atoms with Gasteiger partial charge in [0.2, 0.25) is 0 Å². The molecule has 16 unspecified atom stereocenters. The Hall–Kier alpha value is 0. The predicted molar refractivity (Wildman–Crippen MR) is 120 cm³/mol. The van der Waals surface area contributed by atoms with Gasteiger partial charge in [0.25, 0.3) is 0 Å². The van der Waals surface area contributed by atoms with Gasteiger partial charge in [-0.2, -0.15) is 0 Å². The zero-order chi connectivity index (χ0) is 19.1. The molecule has 9 aliphatic carbocycles. The van der Waals surface area contributed by atoms with Crippen LogP contribution in [0.4, 0.5) is 0 Å². The Morgan fingerprint density at radius 3 is 0.733 bits per heavy atom. The maximum absolute atomic E-state index is 1.64. The van der Waals surface area contributed by atoms with Crippen molar-refractivity contribution in [3.8, 4) is 0 Å². The Labute approximate surface area is 184 Å². The molecule has 0 aromatic carbocycles. The molecule has 0 heterocycles. The number of fused-ring (bicyclic) bond motifs is 22. The molecule has 9 aliphatic rings. The molecule has 16 atom stereocenters. The fraction of sp³-hybridized carbons (Fsp3) is 1.00. The van der Waals surface area contributed by atoms with Crippen LogP contribution in [-0.2, 0) is 0 Å². The van der Waals surface area contributed by atoms with Gasteiger partial charge in [-0.15, -0.1) is 0 Å². The van der Waals surface area contributed by atoms with Gasteiger partial charge in [-0.05, 0) is 120 Å². The molecule has 0 nitrogen and oxygen atoms in total. The van der Waals surface area contributed by atoms with Crippen molar-refractivity contribution in [2.75, 3.05) is 0 Å². The van der Waals surface area contributed by atoms with E-state index in [2.05, 4.69) is 0 Å². The quantitative estimate of drug-likeness (QED) is 0.368. The summed E-state index contributed by atoms with van der Waals surface area (Å²) in [6, 6.07) is 0. The molecular weight excluding hydrogens is 360 g/mol. The lowest BCUT2D eigenvalue weighted by atomic mass is 9.10. The molecule has 164 valence electrons. The minimum Gasteiger partial charge on any atom is -0.0533 e. The van der Waals surface area contributed by atoms with E-state index in [1.807, 2.05) is 0 Å². The second-order valence-electron chi connectivity index (χ2n) is 14.3. The highest BCUT2D eigenvalue weighted by atomic mass is 14.9. The first kappa shape index (κ1) is 17.5. The first-order valence-electron chi connectivity index (χ1n) is 15.0. The van der Waals surface area contributed by atoms with Crippen molar-refractivity contribution in [3.05, 3.63) is 0 Å². The van der Waals surface area contributed by atoms with Crippen molar-refractivity contribution in [3.63, 3.8) is 0 Å². The third kappa shape index (κ3) is 1.75. The van der Waals surface area contributed by atoms with Crippen molar-refractivity contribution in [1.29, 1.82) is 0 Å². The maximum atomic E-state index is 1.64. The lowest BCUT2D eigenvalue weighted by molar-refractivity contribution is -0.477. The van der Waals surface area contributed by atoms with E-state index in [4.69, 9.17) is 0 Å². The van der Waals surface area contributed by atoms with E-state index in [9.17, 15) is 0 Å². The van der Waals surface area contributed by atoms with Crippen LogP contribution in [0.15, 0.2) is 0 Å². The van der Waals surface area contributed by atoms with E-state index in [0.717, 1.165) is 0 Å². The molecule has 9 saturated carbocycles.